The third kappa shape index (κ3) is 3.41. The normalized spacial score (nSPS) is 15.7. The van der Waals surface area contributed by atoms with Gasteiger partial charge in [-0.15, -0.1) is 0 Å². The molecular weight excluding hydrogens is 244 g/mol. The molecule has 1 aromatic rings. The summed E-state index contributed by atoms with van der Waals surface area (Å²) in [4.78, 5) is 23.7. The number of rotatable bonds is 5. The third-order valence-electron chi connectivity index (χ3n) is 3.49. The largest absolute Gasteiger partial charge is 0.478 e. The lowest BCUT2D eigenvalue weighted by Gasteiger charge is -2.21. The summed E-state index contributed by atoms with van der Waals surface area (Å²) in [6.07, 6.45) is 3.95. The van der Waals surface area contributed by atoms with Crippen LogP contribution in [0.15, 0.2) is 6.20 Å². The number of carbonyl (C=O) groups is 1. The second-order valence-electron chi connectivity index (χ2n) is 4.94. The van der Waals surface area contributed by atoms with Crippen LogP contribution in [0.25, 0.3) is 0 Å². The predicted octanol–water partition coefficient (Wildman–Crippen LogP) is 1.02. The van der Waals surface area contributed by atoms with Gasteiger partial charge in [-0.05, 0) is 32.9 Å². The lowest BCUT2D eigenvalue weighted by molar-refractivity contribution is 0.0695. The molecule has 2 rings (SSSR count). The molecule has 0 aliphatic carbocycles. The predicted molar refractivity (Wildman–Crippen MR) is 72.7 cm³/mol. The molecule has 1 N–H and O–H groups in total. The first-order valence-electron chi connectivity index (χ1n) is 6.58. The van der Waals surface area contributed by atoms with Crippen LogP contribution >= 0.6 is 0 Å². The molecule has 0 amide bonds. The number of aryl methyl sites for hydroxylation is 1. The number of aromatic nitrogens is 2. The van der Waals surface area contributed by atoms with Crippen molar-refractivity contribution < 1.29 is 9.90 Å². The van der Waals surface area contributed by atoms with E-state index in [1.54, 1.807) is 6.92 Å². The first-order valence-corrected chi connectivity index (χ1v) is 6.58. The highest BCUT2D eigenvalue weighted by Crippen LogP contribution is 2.11. The van der Waals surface area contributed by atoms with Crippen molar-refractivity contribution in [2.75, 3.05) is 38.1 Å². The minimum atomic E-state index is -0.983. The van der Waals surface area contributed by atoms with Gasteiger partial charge in [0.15, 0.2) is 0 Å². The summed E-state index contributed by atoms with van der Waals surface area (Å²) in [5.74, 6) is -0.398. The number of hydrogen-bond acceptors (Lipinski definition) is 5. The Bertz CT molecular complexity index is 458. The first-order chi connectivity index (χ1) is 9.08. The summed E-state index contributed by atoms with van der Waals surface area (Å²) in [6, 6.07) is 0. The molecule has 0 unspecified atom stereocenters. The smallest absolute Gasteiger partial charge is 0.339 e. The molecule has 19 heavy (non-hydrogen) atoms. The Kier molecular flexibility index (Phi) is 4.31. The minimum Gasteiger partial charge on any atom is -0.478 e. The van der Waals surface area contributed by atoms with Crippen molar-refractivity contribution in [3.63, 3.8) is 0 Å². The van der Waals surface area contributed by atoms with Gasteiger partial charge in [0.1, 0.15) is 0 Å². The molecule has 1 fully saturated rings. The van der Waals surface area contributed by atoms with E-state index in [9.17, 15) is 4.79 Å². The number of aromatic carboxylic acids is 1. The van der Waals surface area contributed by atoms with Crippen LogP contribution in [0.3, 0.4) is 0 Å². The Morgan fingerprint density at radius 2 is 2.16 bits per heavy atom. The highest BCUT2D eigenvalue weighted by Gasteiger charge is 2.14. The van der Waals surface area contributed by atoms with Crippen LogP contribution in [0, 0.1) is 6.92 Å². The van der Waals surface area contributed by atoms with Crippen molar-refractivity contribution in [2.45, 2.75) is 19.8 Å². The number of nitrogens with zero attached hydrogens (tertiary/aromatic N) is 4. The summed E-state index contributed by atoms with van der Waals surface area (Å²) in [6.45, 7) is 5.89. The topological polar surface area (TPSA) is 69.6 Å². The summed E-state index contributed by atoms with van der Waals surface area (Å²) < 4.78 is 0. The highest BCUT2D eigenvalue weighted by atomic mass is 16.4. The van der Waals surface area contributed by atoms with Gasteiger partial charge >= 0.3 is 5.97 Å². The van der Waals surface area contributed by atoms with Crippen LogP contribution in [0.1, 0.15) is 28.9 Å². The van der Waals surface area contributed by atoms with E-state index < -0.39 is 5.97 Å². The number of carboxylic acids is 1. The molecule has 1 aromatic heterocycles. The summed E-state index contributed by atoms with van der Waals surface area (Å²) >= 11 is 0. The van der Waals surface area contributed by atoms with Crippen LogP contribution in [-0.2, 0) is 0 Å². The van der Waals surface area contributed by atoms with Gasteiger partial charge in [-0.25, -0.2) is 14.8 Å². The van der Waals surface area contributed by atoms with Crippen molar-refractivity contribution in [1.82, 2.24) is 14.9 Å². The molecule has 0 radical (unpaired) electrons. The molecule has 2 heterocycles. The molecule has 0 bridgehead atoms. The highest BCUT2D eigenvalue weighted by molar-refractivity contribution is 5.88. The van der Waals surface area contributed by atoms with Crippen molar-refractivity contribution >= 4 is 11.9 Å². The molecule has 6 heteroatoms. The number of hydrogen-bond donors (Lipinski definition) is 1. The van der Waals surface area contributed by atoms with Gasteiger partial charge < -0.3 is 14.9 Å². The van der Waals surface area contributed by atoms with E-state index in [0.717, 1.165) is 13.1 Å². The second-order valence-corrected chi connectivity index (χ2v) is 4.94. The van der Waals surface area contributed by atoms with E-state index in [2.05, 4.69) is 14.9 Å². The fourth-order valence-electron chi connectivity index (χ4n) is 2.25. The van der Waals surface area contributed by atoms with Crippen LogP contribution in [0.2, 0.25) is 0 Å². The Balaban J connectivity index is 1.96. The number of likely N-dealkylation sites (tertiary alicyclic amines) is 1. The van der Waals surface area contributed by atoms with Gasteiger partial charge in [-0.3, -0.25) is 0 Å². The van der Waals surface area contributed by atoms with Gasteiger partial charge in [0.05, 0.1) is 11.3 Å². The van der Waals surface area contributed by atoms with Gasteiger partial charge in [0.2, 0.25) is 5.95 Å². The van der Waals surface area contributed by atoms with Crippen molar-refractivity contribution in [3.8, 4) is 0 Å². The first kappa shape index (κ1) is 13.7. The number of likely N-dealkylation sites (N-methyl/N-ethyl adjacent to an activating group) is 1. The molecule has 104 valence electrons. The monoisotopic (exact) mass is 264 g/mol. The zero-order valence-electron chi connectivity index (χ0n) is 11.5. The Hall–Kier alpha value is -1.69. The van der Waals surface area contributed by atoms with E-state index in [-0.39, 0.29) is 5.56 Å². The van der Waals surface area contributed by atoms with Gasteiger partial charge in [-0.2, -0.15) is 0 Å². The molecule has 1 aliphatic rings. The van der Waals surface area contributed by atoms with Gasteiger partial charge in [0.25, 0.3) is 0 Å². The molecule has 0 aromatic carbocycles. The lowest BCUT2D eigenvalue weighted by atomic mass is 10.2. The molecule has 0 spiro atoms. The molecular formula is C13H20N4O2. The quantitative estimate of drug-likeness (QED) is 0.856. The van der Waals surface area contributed by atoms with E-state index in [1.165, 1.54) is 32.1 Å². The van der Waals surface area contributed by atoms with E-state index in [1.807, 2.05) is 11.9 Å². The Morgan fingerprint density at radius 1 is 1.47 bits per heavy atom. The average Bonchev–Trinajstić information content (AvgIpc) is 2.88. The fraction of sp³-hybridized carbons (Fsp3) is 0.615. The standard InChI is InChI=1S/C13H20N4O2/c1-10-11(12(18)19)9-14-13(15-10)16(2)7-8-17-5-3-4-6-17/h9H,3-8H2,1-2H3,(H,18,19). The van der Waals surface area contributed by atoms with E-state index in [0.29, 0.717) is 11.6 Å². The van der Waals surface area contributed by atoms with Crippen LogP contribution in [0.4, 0.5) is 5.95 Å². The number of anilines is 1. The van der Waals surface area contributed by atoms with Crippen molar-refractivity contribution in [2.24, 2.45) is 0 Å². The summed E-state index contributed by atoms with van der Waals surface area (Å²) in [5, 5.41) is 8.94. The minimum absolute atomic E-state index is 0.164. The Labute approximate surface area is 113 Å². The zero-order chi connectivity index (χ0) is 13.8. The van der Waals surface area contributed by atoms with Crippen molar-refractivity contribution in [1.29, 1.82) is 0 Å². The third-order valence-corrected chi connectivity index (χ3v) is 3.49. The second kappa shape index (κ2) is 5.97. The summed E-state index contributed by atoms with van der Waals surface area (Å²) in [7, 11) is 1.94. The fourth-order valence-corrected chi connectivity index (χ4v) is 2.25. The number of carboxylic acid groups (broad SMARTS) is 1. The van der Waals surface area contributed by atoms with Crippen molar-refractivity contribution in [3.05, 3.63) is 17.5 Å². The summed E-state index contributed by atoms with van der Waals surface area (Å²) in [5.41, 5.74) is 0.669. The van der Waals surface area contributed by atoms with Crippen LogP contribution in [-0.4, -0.2) is 59.2 Å². The van der Waals surface area contributed by atoms with Crippen LogP contribution in [0.5, 0.6) is 0 Å². The molecule has 0 saturated carbocycles. The zero-order valence-corrected chi connectivity index (χ0v) is 11.5. The van der Waals surface area contributed by atoms with Crippen LogP contribution < -0.4 is 4.90 Å². The molecule has 0 atom stereocenters. The maximum Gasteiger partial charge on any atom is 0.339 e. The van der Waals surface area contributed by atoms with E-state index in [4.69, 9.17) is 5.11 Å². The molecule has 6 nitrogen and oxygen atoms in total. The van der Waals surface area contributed by atoms with Gasteiger partial charge in [-0.1, -0.05) is 0 Å². The maximum atomic E-state index is 10.9. The van der Waals surface area contributed by atoms with E-state index >= 15 is 0 Å². The lowest BCUT2D eigenvalue weighted by Crippen LogP contribution is -2.32. The molecule has 1 saturated heterocycles. The Morgan fingerprint density at radius 3 is 2.74 bits per heavy atom. The van der Waals surface area contributed by atoms with Gasteiger partial charge in [0, 0.05) is 26.3 Å². The maximum absolute atomic E-state index is 10.9. The SMILES string of the molecule is Cc1nc(N(C)CCN2CCCC2)ncc1C(=O)O. The molecule has 1 aliphatic heterocycles. The average molecular weight is 264 g/mol.